The molecule has 1 aliphatic rings. The van der Waals surface area contributed by atoms with Crippen LogP contribution in [-0.4, -0.2) is 38.3 Å². The fourth-order valence-corrected chi connectivity index (χ4v) is 2.48. The number of nitrogens with one attached hydrogen (secondary N) is 1. The Kier molecular flexibility index (Phi) is 4.74. The highest BCUT2D eigenvalue weighted by Gasteiger charge is 2.21. The zero-order chi connectivity index (χ0) is 15.4. The van der Waals surface area contributed by atoms with Crippen molar-refractivity contribution >= 4 is 23.8 Å². The van der Waals surface area contributed by atoms with E-state index in [1.54, 1.807) is 6.92 Å². The van der Waals surface area contributed by atoms with Crippen molar-refractivity contribution < 1.29 is 15.0 Å². The number of aliphatic hydroxyl groups is 1. The lowest BCUT2D eigenvalue weighted by molar-refractivity contribution is -0.131. The van der Waals surface area contributed by atoms with Crippen LogP contribution in [0.2, 0.25) is 0 Å². The average molecular weight is 292 g/mol. The first-order chi connectivity index (χ1) is 9.95. The van der Waals surface area contributed by atoms with Gasteiger partial charge in [-0.05, 0) is 38.7 Å². The van der Waals surface area contributed by atoms with E-state index < -0.39 is 5.97 Å². The molecule has 0 bridgehead atoms. The topological polar surface area (TPSA) is 121 Å². The largest absolute Gasteiger partial charge is 0.478 e. The summed E-state index contributed by atoms with van der Waals surface area (Å²) in [5.41, 5.74) is 6.92. The lowest BCUT2D eigenvalue weighted by Crippen LogP contribution is -2.29. The average Bonchev–Trinajstić information content (AvgIpc) is 2.40. The predicted octanol–water partition coefficient (Wildman–Crippen LogP) is 1.18. The molecule has 0 aromatic carbocycles. The van der Waals surface area contributed by atoms with E-state index in [1.807, 2.05) is 0 Å². The van der Waals surface area contributed by atoms with Gasteiger partial charge in [0.1, 0.15) is 5.82 Å². The molecule has 0 spiro atoms. The number of nitrogens with two attached hydrogens (primary N) is 1. The third-order valence-electron chi connectivity index (χ3n) is 3.58. The van der Waals surface area contributed by atoms with Gasteiger partial charge in [-0.15, -0.1) is 0 Å². The molecule has 0 atom stereocenters. The quantitative estimate of drug-likeness (QED) is 0.615. The number of anilines is 2. The van der Waals surface area contributed by atoms with Crippen LogP contribution in [0.25, 0.3) is 6.08 Å². The summed E-state index contributed by atoms with van der Waals surface area (Å²) in [5, 5.41) is 21.6. The summed E-state index contributed by atoms with van der Waals surface area (Å²) in [6.07, 6.45) is 5.47. The molecule has 114 valence electrons. The van der Waals surface area contributed by atoms with Gasteiger partial charge in [-0.3, -0.25) is 0 Å². The number of hydrogen-bond acceptors (Lipinski definition) is 6. The number of aromatic nitrogens is 2. The minimum absolute atomic E-state index is 0.151. The number of rotatable bonds is 4. The van der Waals surface area contributed by atoms with Crippen LogP contribution in [-0.2, 0) is 4.79 Å². The van der Waals surface area contributed by atoms with E-state index in [-0.39, 0.29) is 18.1 Å². The molecule has 0 saturated heterocycles. The Labute approximate surface area is 122 Å². The third-order valence-corrected chi connectivity index (χ3v) is 3.58. The Balaban J connectivity index is 2.22. The molecule has 0 unspecified atom stereocenters. The number of carbonyl (C=O) groups is 1. The van der Waals surface area contributed by atoms with E-state index in [0.717, 1.165) is 31.8 Å². The second-order valence-electron chi connectivity index (χ2n) is 5.25. The first kappa shape index (κ1) is 15.2. The summed E-state index contributed by atoms with van der Waals surface area (Å²) in [4.78, 5) is 18.9. The number of aryl methyl sites for hydroxylation is 1. The van der Waals surface area contributed by atoms with Gasteiger partial charge in [0.05, 0.1) is 11.8 Å². The third kappa shape index (κ3) is 4.16. The Morgan fingerprint density at radius 2 is 2.00 bits per heavy atom. The molecule has 5 N–H and O–H groups in total. The van der Waals surface area contributed by atoms with Crippen LogP contribution in [0.3, 0.4) is 0 Å². The summed E-state index contributed by atoms with van der Waals surface area (Å²) in [6.45, 7) is 1.76. The van der Waals surface area contributed by atoms with Crippen molar-refractivity contribution in [3.8, 4) is 0 Å². The van der Waals surface area contributed by atoms with Crippen LogP contribution >= 0.6 is 0 Å². The molecule has 21 heavy (non-hydrogen) atoms. The Bertz CT molecular complexity index is 551. The molecular formula is C14H20N4O3. The molecule has 1 fully saturated rings. The van der Waals surface area contributed by atoms with Crippen LogP contribution in [0.1, 0.15) is 36.9 Å². The number of carboxylic acid groups (broad SMARTS) is 1. The SMILES string of the molecule is Cc1nc(N)nc(N[C@H]2CC[C@H](O)CC2)c1C=CC(=O)O. The molecule has 1 heterocycles. The summed E-state index contributed by atoms with van der Waals surface area (Å²) in [5.74, 6) is -0.338. The van der Waals surface area contributed by atoms with Gasteiger partial charge in [-0.25, -0.2) is 9.78 Å². The number of nitrogen functional groups attached to an aromatic ring is 1. The van der Waals surface area contributed by atoms with Crippen molar-refractivity contribution in [1.29, 1.82) is 0 Å². The van der Waals surface area contributed by atoms with Crippen LogP contribution in [0, 0.1) is 6.92 Å². The predicted molar refractivity (Wildman–Crippen MR) is 79.7 cm³/mol. The van der Waals surface area contributed by atoms with Gasteiger partial charge in [0.15, 0.2) is 0 Å². The van der Waals surface area contributed by atoms with Gasteiger partial charge in [-0.2, -0.15) is 4.98 Å². The molecule has 1 aromatic heterocycles. The molecule has 0 radical (unpaired) electrons. The molecule has 7 heteroatoms. The maximum atomic E-state index is 10.7. The van der Waals surface area contributed by atoms with E-state index in [0.29, 0.717) is 17.1 Å². The summed E-state index contributed by atoms with van der Waals surface area (Å²) < 4.78 is 0. The highest BCUT2D eigenvalue weighted by molar-refractivity contribution is 5.86. The Hall–Kier alpha value is -2.15. The first-order valence-corrected chi connectivity index (χ1v) is 6.95. The van der Waals surface area contributed by atoms with E-state index >= 15 is 0 Å². The lowest BCUT2D eigenvalue weighted by Gasteiger charge is -2.27. The van der Waals surface area contributed by atoms with Gasteiger partial charge in [-0.1, -0.05) is 0 Å². The van der Waals surface area contributed by atoms with Gasteiger partial charge < -0.3 is 21.3 Å². The fourth-order valence-electron chi connectivity index (χ4n) is 2.48. The summed E-state index contributed by atoms with van der Waals surface area (Å²) in [6, 6.07) is 0.194. The van der Waals surface area contributed by atoms with E-state index in [4.69, 9.17) is 10.8 Å². The van der Waals surface area contributed by atoms with E-state index in [9.17, 15) is 9.90 Å². The molecule has 1 aromatic rings. The van der Waals surface area contributed by atoms with Crippen molar-refractivity contribution in [3.63, 3.8) is 0 Å². The Morgan fingerprint density at radius 3 is 2.62 bits per heavy atom. The zero-order valence-corrected chi connectivity index (χ0v) is 11.9. The molecule has 0 aliphatic heterocycles. The molecule has 0 amide bonds. The second-order valence-corrected chi connectivity index (χ2v) is 5.25. The maximum absolute atomic E-state index is 10.7. The zero-order valence-electron chi connectivity index (χ0n) is 11.9. The molecule has 1 aliphatic carbocycles. The van der Waals surface area contributed by atoms with Gasteiger partial charge in [0.25, 0.3) is 0 Å². The maximum Gasteiger partial charge on any atom is 0.328 e. The van der Waals surface area contributed by atoms with E-state index in [1.165, 1.54) is 6.08 Å². The minimum Gasteiger partial charge on any atom is -0.478 e. The highest BCUT2D eigenvalue weighted by atomic mass is 16.4. The second kappa shape index (κ2) is 6.53. The van der Waals surface area contributed by atoms with Crippen LogP contribution in [0.5, 0.6) is 0 Å². The van der Waals surface area contributed by atoms with Crippen molar-refractivity contribution in [1.82, 2.24) is 9.97 Å². The van der Waals surface area contributed by atoms with Crippen molar-refractivity contribution in [2.75, 3.05) is 11.1 Å². The van der Waals surface area contributed by atoms with Crippen molar-refractivity contribution in [2.45, 2.75) is 44.8 Å². The lowest BCUT2D eigenvalue weighted by atomic mass is 9.93. The monoisotopic (exact) mass is 292 g/mol. The highest BCUT2D eigenvalue weighted by Crippen LogP contribution is 2.25. The number of hydrogen-bond donors (Lipinski definition) is 4. The van der Waals surface area contributed by atoms with Crippen molar-refractivity contribution in [3.05, 3.63) is 17.3 Å². The molecule has 2 rings (SSSR count). The van der Waals surface area contributed by atoms with Crippen molar-refractivity contribution in [2.24, 2.45) is 0 Å². The number of nitrogens with zero attached hydrogens (tertiary/aromatic N) is 2. The normalized spacial score (nSPS) is 22.4. The smallest absolute Gasteiger partial charge is 0.328 e. The summed E-state index contributed by atoms with van der Waals surface area (Å²) >= 11 is 0. The van der Waals surface area contributed by atoms with Gasteiger partial charge in [0, 0.05) is 17.7 Å². The van der Waals surface area contributed by atoms with E-state index in [2.05, 4.69) is 15.3 Å². The van der Waals surface area contributed by atoms with Gasteiger partial charge in [0.2, 0.25) is 5.95 Å². The minimum atomic E-state index is -1.03. The first-order valence-electron chi connectivity index (χ1n) is 6.95. The van der Waals surface area contributed by atoms with Crippen LogP contribution in [0.15, 0.2) is 6.08 Å². The molecule has 1 saturated carbocycles. The fraction of sp³-hybridized carbons (Fsp3) is 0.500. The van der Waals surface area contributed by atoms with Crippen LogP contribution in [0.4, 0.5) is 11.8 Å². The standard InChI is InChI=1S/C14H20N4O3/c1-8-11(6-7-12(20)21)13(18-14(15)16-8)17-9-2-4-10(19)5-3-9/h6-7,9-10,19H,2-5H2,1H3,(H,20,21)(H3,15,16,17,18)/t9-,10-. The number of aliphatic hydroxyl groups excluding tert-OH is 1. The van der Waals surface area contributed by atoms with Gasteiger partial charge >= 0.3 is 5.97 Å². The number of carboxylic acids is 1. The molecule has 7 nitrogen and oxygen atoms in total. The molecular weight excluding hydrogens is 272 g/mol. The number of aliphatic carboxylic acids is 1. The van der Waals surface area contributed by atoms with Crippen LogP contribution < -0.4 is 11.1 Å². The summed E-state index contributed by atoms with van der Waals surface area (Å²) in [7, 11) is 0. The Morgan fingerprint density at radius 1 is 1.33 bits per heavy atom.